The highest BCUT2D eigenvalue weighted by Crippen LogP contribution is 2.51. The number of halogens is 1. The first-order valence-electron chi connectivity index (χ1n) is 7.61. The first kappa shape index (κ1) is 13.1. The molecule has 3 rings (SSSR count). The van der Waals surface area contributed by atoms with E-state index in [4.69, 9.17) is 0 Å². The lowest BCUT2D eigenvalue weighted by Gasteiger charge is -2.27. The van der Waals surface area contributed by atoms with Gasteiger partial charge in [-0.15, -0.1) is 0 Å². The van der Waals surface area contributed by atoms with Crippen LogP contribution in [0.2, 0.25) is 0 Å². The quantitative estimate of drug-likeness (QED) is 0.855. The lowest BCUT2D eigenvalue weighted by atomic mass is 9.82. The first-order valence-corrected chi connectivity index (χ1v) is 7.61. The van der Waals surface area contributed by atoms with Gasteiger partial charge in [-0.1, -0.05) is 24.6 Å². The molecule has 4 unspecified atom stereocenters. The third-order valence-corrected chi connectivity index (χ3v) is 5.37. The number of benzene rings is 1. The van der Waals surface area contributed by atoms with E-state index in [-0.39, 0.29) is 11.9 Å². The fourth-order valence-corrected chi connectivity index (χ4v) is 4.31. The Bertz CT molecular complexity index is 457. The summed E-state index contributed by atoms with van der Waals surface area (Å²) in [5.41, 5.74) is 1.61. The maximum atomic E-state index is 14.3. The minimum atomic E-state index is -0.0231. The van der Waals surface area contributed by atoms with Crippen LogP contribution in [0.1, 0.15) is 49.3 Å². The van der Waals surface area contributed by atoms with Crippen LogP contribution in [0.15, 0.2) is 18.2 Å². The lowest BCUT2D eigenvalue weighted by Crippen LogP contribution is -2.23. The topological polar surface area (TPSA) is 12.0 Å². The highest BCUT2D eigenvalue weighted by atomic mass is 19.1. The van der Waals surface area contributed by atoms with Crippen molar-refractivity contribution in [1.82, 2.24) is 5.32 Å². The summed E-state index contributed by atoms with van der Waals surface area (Å²) in [6.45, 7) is 1.85. The van der Waals surface area contributed by atoms with Crippen LogP contribution in [0.25, 0.3) is 0 Å². The zero-order chi connectivity index (χ0) is 13.4. The van der Waals surface area contributed by atoms with Crippen LogP contribution < -0.4 is 5.32 Å². The maximum Gasteiger partial charge on any atom is 0.130 e. The fraction of sp³-hybridized carbons (Fsp3) is 0.647. The normalized spacial score (nSPS) is 30.8. The number of aryl methyl sites for hydroxylation is 1. The Hall–Kier alpha value is -0.890. The average Bonchev–Trinajstić information content (AvgIpc) is 3.02. The van der Waals surface area contributed by atoms with Gasteiger partial charge in [0.05, 0.1) is 0 Å². The predicted molar refractivity (Wildman–Crippen MR) is 76.5 cm³/mol. The van der Waals surface area contributed by atoms with Crippen LogP contribution >= 0.6 is 0 Å². The van der Waals surface area contributed by atoms with Gasteiger partial charge in [0.2, 0.25) is 0 Å². The van der Waals surface area contributed by atoms with Crippen LogP contribution in [0.3, 0.4) is 0 Å². The molecule has 0 spiro atoms. The minimum Gasteiger partial charge on any atom is -0.313 e. The summed E-state index contributed by atoms with van der Waals surface area (Å²) in [5, 5.41) is 3.33. The third kappa shape index (κ3) is 2.43. The van der Waals surface area contributed by atoms with E-state index in [0.29, 0.717) is 0 Å². The van der Waals surface area contributed by atoms with Crippen LogP contribution in [0.4, 0.5) is 4.39 Å². The van der Waals surface area contributed by atoms with Crippen molar-refractivity contribution in [2.45, 2.75) is 45.1 Å². The molecule has 0 saturated heterocycles. The van der Waals surface area contributed by atoms with Gasteiger partial charge in [0.15, 0.2) is 0 Å². The highest BCUT2D eigenvalue weighted by Gasteiger charge is 2.40. The van der Waals surface area contributed by atoms with E-state index < -0.39 is 0 Å². The highest BCUT2D eigenvalue weighted by molar-refractivity contribution is 5.27. The fourth-order valence-electron chi connectivity index (χ4n) is 4.31. The first-order chi connectivity index (χ1) is 9.19. The summed E-state index contributed by atoms with van der Waals surface area (Å²) in [6.07, 6.45) is 6.73. The van der Waals surface area contributed by atoms with E-state index in [1.807, 2.05) is 32.2 Å². The molecule has 0 aliphatic heterocycles. The van der Waals surface area contributed by atoms with Crippen molar-refractivity contribution in [2.24, 2.45) is 17.8 Å². The van der Waals surface area contributed by atoms with Crippen LogP contribution in [-0.4, -0.2) is 7.05 Å². The van der Waals surface area contributed by atoms with E-state index in [2.05, 4.69) is 5.32 Å². The van der Waals surface area contributed by atoms with Gasteiger partial charge in [-0.25, -0.2) is 4.39 Å². The largest absolute Gasteiger partial charge is 0.313 e. The second kappa shape index (κ2) is 5.24. The van der Waals surface area contributed by atoms with E-state index in [1.54, 1.807) is 0 Å². The Morgan fingerprint density at radius 2 is 2.16 bits per heavy atom. The van der Waals surface area contributed by atoms with E-state index >= 15 is 0 Å². The molecule has 2 heteroatoms. The van der Waals surface area contributed by atoms with Crippen LogP contribution in [-0.2, 0) is 0 Å². The Labute approximate surface area is 115 Å². The van der Waals surface area contributed by atoms with Crippen molar-refractivity contribution in [3.63, 3.8) is 0 Å². The summed E-state index contributed by atoms with van der Waals surface area (Å²) in [4.78, 5) is 0. The number of hydrogen-bond donors (Lipinski definition) is 1. The molecule has 0 aromatic heterocycles. The minimum absolute atomic E-state index is 0.0231. The van der Waals surface area contributed by atoms with Gasteiger partial charge in [0, 0.05) is 11.6 Å². The number of rotatable bonds is 4. The molecule has 0 radical (unpaired) electrons. The summed E-state index contributed by atoms with van der Waals surface area (Å²) >= 11 is 0. The number of nitrogens with one attached hydrogen (secondary N) is 1. The standard InChI is InChI=1S/C17H24FN/c1-11-4-3-5-15(17(11)18)16(19-2)10-14-9-12-6-7-13(14)8-12/h3-5,12-14,16,19H,6-10H2,1-2H3. The van der Waals surface area contributed by atoms with Gasteiger partial charge in [0.1, 0.15) is 5.82 Å². The molecule has 1 N–H and O–H groups in total. The molecule has 1 aromatic rings. The molecule has 1 aromatic carbocycles. The molecule has 0 heterocycles. The van der Waals surface area contributed by atoms with Gasteiger partial charge in [0.25, 0.3) is 0 Å². The number of hydrogen-bond acceptors (Lipinski definition) is 1. The Kier molecular flexibility index (Phi) is 3.62. The van der Waals surface area contributed by atoms with E-state index in [9.17, 15) is 4.39 Å². The van der Waals surface area contributed by atoms with Crippen LogP contribution in [0.5, 0.6) is 0 Å². The van der Waals surface area contributed by atoms with Crippen molar-refractivity contribution in [3.8, 4) is 0 Å². The molecule has 2 fully saturated rings. The molecule has 19 heavy (non-hydrogen) atoms. The van der Waals surface area contributed by atoms with Gasteiger partial charge in [-0.05, 0) is 63.0 Å². The van der Waals surface area contributed by atoms with Gasteiger partial charge >= 0.3 is 0 Å². The van der Waals surface area contributed by atoms with Gasteiger partial charge in [-0.2, -0.15) is 0 Å². The van der Waals surface area contributed by atoms with Gasteiger partial charge < -0.3 is 5.32 Å². The summed E-state index contributed by atoms with van der Waals surface area (Å²) in [5.74, 6) is 2.66. The molecule has 0 amide bonds. The summed E-state index contributed by atoms with van der Waals surface area (Å²) < 4.78 is 14.3. The van der Waals surface area contributed by atoms with Crippen molar-refractivity contribution in [3.05, 3.63) is 35.1 Å². The second-order valence-electron chi connectivity index (χ2n) is 6.49. The molecule has 2 saturated carbocycles. The van der Waals surface area contributed by atoms with Crippen molar-refractivity contribution < 1.29 is 4.39 Å². The molecule has 1 nitrogen and oxygen atoms in total. The summed E-state index contributed by atoms with van der Waals surface area (Å²) in [6, 6.07) is 5.93. The monoisotopic (exact) mass is 261 g/mol. The van der Waals surface area contributed by atoms with E-state index in [0.717, 1.165) is 35.3 Å². The molecule has 104 valence electrons. The molecule has 2 aliphatic rings. The van der Waals surface area contributed by atoms with Gasteiger partial charge in [-0.3, -0.25) is 0 Å². The Morgan fingerprint density at radius 3 is 2.79 bits per heavy atom. The molecule has 2 aliphatic carbocycles. The zero-order valence-corrected chi connectivity index (χ0v) is 12.0. The zero-order valence-electron chi connectivity index (χ0n) is 12.0. The SMILES string of the molecule is CNC(CC1CC2CCC1C2)c1cccc(C)c1F. The Morgan fingerprint density at radius 1 is 1.32 bits per heavy atom. The summed E-state index contributed by atoms with van der Waals surface area (Å²) in [7, 11) is 1.96. The van der Waals surface area contributed by atoms with Crippen molar-refractivity contribution >= 4 is 0 Å². The third-order valence-electron chi connectivity index (χ3n) is 5.37. The second-order valence-corrected chi connectivity index (χ2v) is 6.49. The Balaban J connectivity index is 1.75. The van der Waals surface area contributed by atoms with Crippen molar-refractivity contribution in [1.29, 1.82) is 0 Å². The average molecular weight is 261 g/mol. The molecular weight excluding hydrogens is 237 g/mol. The van der Waals surface area contributed by atoms with E-state index in [1.165, 1.54) is 25.7 Å². The smallest absolute Gasteiger partial charge is 0.130 e. The molecule has 2 bridgehead atoms. The lowest BCUT2D eigenvalue weighted by molar-refractivity contribution is 0.281. The molecule has 4 atom stereocenters. The van der Waals surface area contributed by atoms with Crippen LogP contribution in [0, 0.1) is 30.5 Å². The number of fused-ring (bicyclic) bond motifs is 2. The predicted octanol–water partition coefficient (Wildman–Crippen LogP) is 4.22. The van der Waals surface area contributed by atoms with Crippen molar-refractivity contribution in [2.75, 3.05) is 7.05 Å². The maximum absolute atomic E-state index is 14.3. The molecular formula is C17H24FN.